The second-order valence-electron chi connectivity index (χ2n) is 5.47. The highest BCUT2D eigenvalue weighted by molar-refractivity contribution is 7.16. The lowest BCUT2D eigenvalue weighted by Gasteiger charge is -2.06. The molecule has 0 unspecified atom stereocenters. The van der Waals surface area contributed by atoms with E-state index in [9.17, 15) is 4.79 Å². The van der Waals surface area contributed by atoms with E-state index in [0.29, 0.717) is 10.9 Å². The molecule has 0 aliphatic rings. The molecule has 5 nitrogen and oxygen atoms in total. The van der Waals surface area contributed by atoms with Crippen LogP contribution in [0.1, 0.15) is 26.8 Å². The van der Waals surface area contributed by atoms with E-state index in [1.54, 1.807) is 26.2 Å². The van der Waals surface area contributed by atoms with Gasteiger partial charge in [0.25, 0.3) is 5.91 Å². The average molecular weight is 342 g/mol. The van der Waals surface area contributed by atoms with Crippen LogP contribution >= 0.6 is 11.3 Å². The number of hydrogen-bond donors (Lipinski definition) is 1. The Hall–Kier alpha value is -2.60. The summed E-state index contributed by atoms with van der Waals surface area (Å²) in [6.45, 7) is 5.78. The Kier molecular flexibility index (Phi) is 4.40. The van der Waals surface area contributed by atoms with Gasteiger partial charge in [-0.3, -0.25) is 10.1 Å². The number of methoxy groups -OCH3 is 1. The number of nitrogens with one attached hydrogen (secondary N) is 1. The maximum absolute atomic E-state index is 12.2. The number of amides is 1. The summed E-state index contributed by atoms with van der Waals surface area (Å²) in [7, 11) is 1.65. The Morgan fingerprint density at radius 1 is 1.21 bits per heavy atom. The number of rotatable bonds is 4. The van der Waals surface area contributed by atoms with Gasteiger partial charge in [-0.2, -0.15) is 0 Å². The highest BCUT2D eigenvalue weighted by Crippen LogP contribution is 2.32. The van der Waals surface area contributed by atoms with Crippen LogP contribution in [0.15, 0.2) is 34.7 Å². The van der Waals surface area contributed by atoms with Crippen molar-refractivity contribution in [1.29, 1.82) is 0 Å². The van der Waals surface area contributed by atoms with Crippen LogP contribution in [0.3, 0.4) is 0 Å². The van der Waals surface area contributed by atoms with Crippen molar-refractivity contribution in [1.82, 2.24) is 4.98 Å². The van der Waals surface area contributed by atoms with E-state index < -0.39 is 0 Å². The van der Waals surface area contributed by atoms with Crippen LogP contribution in [0.25, 0.3) is 11.3 Å². The predicted molar refractivity (Wildman–Crippen MR) is 95.0 cm³/mol. The molecule has 0 radical (unpaired) electrons. The summed E-state index contributed by atoms with van der Waals surface area (Å²) in [6, 6.07) is 9.33. The molecule has 1 N–H and O–H groups in total. The molecule has 0 aliphatic carbocycles. The van der Waals surface area contributed by atoms with E-state index in [1.807, 2.05) is 32.0 Å². The zero-order valence-corrected chi connectivity index (χ0v) is 14.8. The molecule has 124 valence electrons. The van der Waals surface area contributed by atoms with Gasteiger partial charge in [0, 0.05) is 10.4 Å². The average Bonchev–Trinajstić information content (AvgIpc) is 3.13. The number of hydrogen-bond acceptors (Lipinski definition) is 5. The summed E-state index contributed by atoms with van der Waals surface area (Å²) in [5.74, 6) is 1.52. The lowest BCUT2D eigenvalue weighted by atomic mass is 10.1. The smallest absolute Gasteiger partial charge is 0.293 e. The van der Waals surface area contributed by atoms with Gasteiger partial charge in [-0.15, -0.1) is 11.3 Å². The van der Waals surface area contributed by atoms with Crippen LogP contribution in [0.5, 0.6) is 5.75 Å². The number of anilines is 1. The molecule has 0 bridgehead atoms. The Morgan fingerprint density at radius 3 is 2.62 bits per heavy atom. The standard InChI is InChI=1S/C18H18N2O3S/c1-10-9-13(6-8-14(10)22-4)16-12(3)24-18(19-16)20-17(21)15-7-5-11(2)23-15/h5-9H,1-4H3,(H,19,20,21). The highest BCUT2D eigenvalue weighted by atomic mass is 32.1. The third-order valence-corrected chi connectivity index (χ3v) is 4.54. The van der Waals surface area contributed by atoms with E-state index in [-0.39, 0.29) is 11.7 Å². The van der Waals surface area contributed by atoms with E-state index in [4.69, 9.17) is 9.15 Å². The first-order valence-corrected chi connectivity index (χ1v) is 8.30. The summed E-state index contributed by atoms with van der Waals surface area (Å²) in [6.07, 6.45) is 0. The molecule has 24 heavy (non-hydrogen) atoms. The summed E-state index contributed by atoms with van der Waals surface area (Å²) >= 11 is 1.44. The zero-order chi connectivity index (χ0) is 17.3. The van der Waals surface area contributed by atoms with Crippen molar-refractivity contribution < 1.29 is 13.9 Å². The molecule has 2 aromatic heterocycles. The molecule has 3 aromatic rings. The molecule has 2 heterocycles. The van der Waals surface area contributed by atoms with Gasteiger partial charge in [-0.05, 0) is 56.7 Å². The van der Waals surface area contributed by atoms with Gasteiger partial charge in [0.15, 0.2) is 10.9 Å². The van der Waals surface area contributed by atoms with Gasteiger partial charge >= 0.3 is 0 Å². The number of carbonyl (C=O) groups excluding carboxylic acids is 1. The minimum Gasteiger partial charge on any atom is -0.496 e. The van der Waals surface area contributed by atoms with E-state index in [0.717, 1.165) is 27.4 Å². The van der Waals surface area contributed by atoms with Gasteiger partial charge in [0.2, 0.25) is 0 Å². The normalized spacial score (nSPS) is 10.7. The van der Waals surface area contributed by atoms with E-state index >= 15 is 0 Å². The fourth-order valence-electron chi connectivity index (χ4n) is 2.46. The number of aryl methyl sites for hydroxylation is 3. The van der Waals surface area contributed by atoms with Gasteiger partial charge in [-0.25, -0.2) is 4.98 Å². The highest BCUT2D eigenvalue weighted by Gasteiger charge is 2.15. The first-order valence-electron chi connectivity index (χ1n) is 7.48. The summed E-state index contributed by atoms with van der Waals surface area (Å²) in [5, 5.41) is 3.34. The molecular formula is C18H18N2O3S. The van der Waals surface area contributed by atoms with Crippen molar-refractivity contribution in [2.75, 3.05) is 12.4 Å². The minimum absolute atomic E-state index is 0.280. The van der Waals surface area contributed by atoms with Crippen molar-refractivity contribution in [3.05, 3.63) is 52.3 Å². The molecule has 0 saturated heterocycles. The number of carbonyl (C=O) groups is 1. The molecule has 3 rings (SSSR count). The molecule has 0 atom stereocenters. The second-order valence-corrected chi connectivity index (χ2v) is 6.68. The number of ether oxygens (including phenoxy) is 1. The maximum Gasteiger partial charge on any atom is 0.293 e. The Morgan fingerprint density at radius 2 is 2.00 bits per heavy atom. The predicted octanol–water partition coefficient (Wildman–Crippen LogP) is 4.59. The van der Waals surface area contributed by atoms with Crippen molar-refractivity contribution in [3.63, 3.8) is 0 Å². The van der Waals surface area contributed by atoms with Crippen LogP contribution < -0.4 is 10.1 Å². The minimum atomic E-state index is -0.297. The number of aromatic nitrogens is 1. The summed E-state index contributed by atoms with van der Waals surface area (Å²) in [4.78, 5) is 17.8. The topological polar surface area (TPSA) is 64.4 Å². The number of thiazole rings is 1. The fourth-order valence-corrected chi connectivity index (χ4v) is 3.29. The Balaban J connectivity index is 1.85. The van der Waals surface area contributed by atoms with Crippen molar-refractivity contribution in [2.45, 2.75) is 20.8 Å². The lowest BCUT2D eigenvalue weighted by Crippen LogP contribution is -2.10. The molecule has 1 aromatic carbocycles. The largest absolute Gasteiger partial charge is 0.496 e. The lowest BCUT2D eigenvalue weighted by molar-refractivity contribution is 0.0995. The van der Waals surface area contributed by atoms with Gasteiger partial charge < -0.3 is 9.15 Å². The molecule has 0 aliphatic heterocycles. The van der Waals surface area contributed by atoms with Crippen molar-refractivity contribution >= 4 is 22.4 Å². The monoisotopic (exact) mass is 342 g/mol. The van der Waals surface area contributed by atoms with Gasteiger partial charge in [0.05, 0.1) is 12.8 Å². The van der Waals surface area contributed by atoms with E-state index in [2.05, 4.69) is 10.3 Å². The van der Waals surface area contributed by atoms with Crippen LogP contribution in [0.4, 0.5) is 5.13 Å². The maximum atomic E-state index is 12.2. The molecular weight excluding hydrogens is 324 g/mol. The molecule has 0 saturated carbocycles. The van der Waals surface area contributed by atoms with Gasteiger partial charge in [-0.1, -0.05) is 0 Å². The van der Waals surface area contributed by atoms with Crippen molar-refractivity contribution in [2.24, 2.45) is 0 Å². The third-order valence-electron chi connectivity index (χ3n) is 3.65. The second kappa shape index (κ2) is 6.49. The Bertz CT molecular complexity index is 896. The molecule has 1 amide bonds. The van der Waals surface area contributed by atoms with E-state index in [1.165, 1.54) is 11.3 Å². The van der Waals surface area contributed by atoms with Crippen LogP contribution in [-0.2, 0) is 0 Å². The number of benzene rings is 1. The molecule has 0 fully saturated rings. The first-order chi connectivity index (χ1) is 11.5. The van der Waals surface area contributed by atoms with Gasteiger partial charge in [0.1, 0.15) is 11.5 Å². The quantitative estimate of drug-likeness (QED) is 0.753. The Labute approximate surface area is 144 Å². The SMILES string of the molecule is COc1ccc(-c2nc(NC(=O)c3ccc(C)o3)sc2C)cc1C. The summed E-state index contributed by atoms with van der Waals surface area (Å²) < 4.78 is 10.6. The molecule has 0 spiro atoms. The van der Waals surface area contributed by atoms with Crippen molar-refractivity contribution in [3.8, 4) is 17.0 Å². The van der Waals surface area contributed by atoms with Crippen LogP contribution in [0.2, 0.25) is 0 Å². The van der Waals surface area contributed by atoms with Crippen LogP contribution in [-0.4, -0.2) is 18.0 Å². The zero-order valence-electron chi connectivity index (χ0n) is 14.0. The number of nitrogens with zero attached hydrogens (tertiary/aromatic N) is 1. The molecule has 6 heteroatoms. The van der Waals surface area contributed by atoms with Crippen LogP contribution in [0, 0.1) is 20.8 Å². The third kappa shape index (κ3) is 3.19. The number of furan rings is 1. The summed E-state index contributed by atoms with van der Waals surface area (Å²) in [5.41, 5.74) is 2.90. The fraction of sp³-hybridized carbons (Fsp3) is 0.222. The first kappa shape index (κ1) is 16.3.